The highest BCUT2D eigenvalue weighted by Gasteiger charge is 2.17. The molecule has 0 saturated heterocycles. The summed E-state index contributed by atoms with van der Waals surface area (Å²) < 4.78 is 0. The number of hydrogen-bond acceptors (Lipinski definition) is 2. The molecule has 0 aromatic rings. The molecular formula is C20H42N2. The lowest BCUT2D eigenvalue weighted by Gasteiger charge is -2.30. The van der Waals surface area contributed by atoms with E-state index in [2.05, 4.69) is 31.4 Å². The molecule has 1 unspecified atom stereocenters. The van der Waals surface area contributed by atoms with Gasteiger partial charge in [0.1, 0.15) is 0 Å². The second-order valence-electron chi connectivity index (χ2n) is 7.77. The van der Waals surface area contributed by atoms with Crippen LogP contribution < -0.4 is 10.6 Å². The Hall–Kier alpha value is -0.0800. The summed E-state index contributed by atoms with van der Waals surface area (Å²) in [5.74, 6) is 0.740. The molecule has 1 aliphatic carbocycles. The van der Waals surface area contributed by atoms with Crippen LogP contribution in [0, 0.1) is 5.92 Å². The van der Waals surface area contributed by atoms with E-state index in [1.54, 1.807) is 0 Å². The molecular weight excluding hydrogens is 268 g/mol. The second kappa shape index (κ2) is 13.4. The summed E-state index contributed by atoms with van der Waals surface area (Å²) in [6, 6.07) is 0.767. The standard InChI is InChI=1S/C20H42N2/c1-4-5-6-7-8-9-13-16-20(21-17-18(2)3)22-19-14-11-10-12-15-19/h18-22H,4-17H2,1-3H3. The molecule has 0 radical (unpaired) electrons. The van der Waals surface area contributed by atoms with Crippen LogP contribution in [0.25, 0.3) is 0 Å². The number of hydrogen-bond donors (Lipinski definition) is 2. The Morgan fingerprint density at radius 2 is 1.50 bits per heavy atom. The fourth-order valence-corrected chi connectivity index (χ4v) is 3.48. The quantitative estimate of drug-likeness (QED) is 0.341. The van der Waals surface area contributed by atoms with E-state index in [4.69, 9.17) is 0 Å². The van der Waals surface area contributed by atoms with Gasteiger partial charge in [-0.2, -0.15) is 0 Å². The van der Waals surface area contributed by atoms with Crippen molar-refractivity contribution in [1.29, 1.82) is 0 Å². The fourth-order valence-electron chi connectivity index (χ4n) is 3.48. The van der Waals surface area contributed by atoms with E-state index in [9.17, 15) is 0 Å². The zero-order valence-electron chi connectivity index (χ0n) is 15.6. The summed E-state index contributed by atoms with van der Waals surface area (Å²) in [4.78, 5) is 0. The number of rotatable bonds is 13. The lowest BCUT2D eigenvalue weighted by atomic mass is 9.95. The van der Waals surface area contributed by atoms with Gasteiger partial charge in [-0.3, -0.25) is 5.32 Å². The van der Waals surface area contributed by atoms with Gasteiger partial charge in [-0.15, -0.1) is 0 Å². The Morgan fingerprint density at radius 1 is 0.864 bits per heavy atom. The van der Waals surface area contributed by atoms with Crippen LogP contribution in [0.4, 0.5) is 0 Å². The Balaban J connectivity index is 2.16. The van der Waals surface area contributed by atoms with Crippen LogP contribution >= 0.6 is 0 Å². The molecule has 2 nitrogen and oxygen atoms in total. The SMILES string of the molecule is CCCCCCCCCC(NCC(C)C)NC1CCCCC1. The van der Waals surface area contributed by atoms with Crippen LogP contribution in [0.3, 0.4) is 0 Å². The molecule has 2 heteroatoms. The fraction of sp³-hybridized carbons (Fsp3) is 1.00. The van der Waals surface area contributed by atoms with E-state index in [0.717, 1.165) is 18.5 Å². The van der Waals surface area contributed by atoms with Crippen molar-refractivity contribution in [3.8, 4) is 0 Å². The van der Waals surface area contributed by atoms with Crippen LogP contribution in [0.5, 0.6) is 0 Å². The van der Waals surface area contributed by atoms with Crippen molar-refractivity contribution in [2.75, 3.05) is 6.54 Å². The highest BCUT2D eigenvalue weighted by atomic mass is 15.1. The van der Waals surface area contributed by atoms with E-state index in [-0.39, 0.29) is 0 Å². The largest absolute Gasteiger partial charge is 0.302 e. The second-order valence-corrected chi connectivity index (χ2v) is 7.77. The Labute approximate surface area is 140 Å². The molecule has 0 bridgehead atoms. The molecule has 0 aliphatic heterocycles. The molecule has 132 valence electrons. The minimum absolute atomic E-state index is 0.543. The van der Waals surface area contributed by atoms with Crippen LogP contribution in [-0.4, -0.2) is 18.8 Å². The molecule has 0 aromatic carbocycles. The van der Waals surface area contributed by atoms with Gasteiger partial charge in [0.15, 0.2) is 0 Å². The molecule has 1 saturated carbocycles. The first-order valence-electron chi connectivity index (χ1n) is 10.2. The van der Waals surface area contributed by atoms with Crippen molar-refractivity contribution in [2.24, 2.45) is 5.92 Å². The molecule has 22 heavy (non-hydrogen) atoms. The van der Waals surface area contributed by atoms with Gasteiger partial charge in [0, 0.05) is 6.04 Å². The van der Waals surface area contributed by atoms with Crippen molar-refractivity contribution in [1.82, 2.24) is 10.6 Å². The van der Waals surface area contributed by atoms with Crippen molar-refractivity contribution < 1.29 is 0 Å². The first-order chi connectivity index (χ1) is 10.7. The maximum Gasteiger partial charge on any atom is 0.0573 e. The van der Waals surface area contributed by atoms with Crippen LogP contribution in [0.15, 0.2) is 0 Å². The molecule has 1 aliphatic rings. The highest BCUT2D eigenvalue weighted by Crippen LogP contribution is 2.18. The highest BCUT2D eigenvalue weighted by molar-refractivity contribution is 4.76. The molecule has 1 atom stereocenters. The first kappa shape index (κ1) is 20.0. The number of unbranched alkanes of at least 4 members (excludes halogenated alkanes) is 6. The van der Waals surface area contributed by atoms with Gasteiger partial charge in [-0.05, 0) is 31.7 Å². The van der Waals surface area contributed by atoms with E-state index in [1.165, 1.54) is 83.5 Å². The van der Waals surface area contributed by atoms with Crippen molar-refractivity contribution in [3.63, 3.8) is 0 Å². The van der Waals surface area contributed by atoms with Crippen molar-refractivity contribution >= 4 is 0 Å². The summed E-state index contributed by atoms with van der Waals surface area (Å²) in [5.41, 5.74) is 0. The summed E-state index contributed by atoms with van der Waals surface area (Å²) in [5, 5.41) is 7.68. The zero-order chi connectivity index (χ0) is 16.0. The van der Waals surface area contributed by atoms with E-state index < -0.39 is 0 Å². The van der Waals surface area contributed by atoms with Gasteiger partial charge in [-0.25, -0.2) is 0 Å². The van der Waals surface area contributed by atoms with Gasteiger partial charge in [-0.1, -0.05) is 85.0 Å². The first-order valence-corrected chi connectivity index (χ1v) is 10.2. The lowest BCUT2D eigenvalue weighted by molar-refractivity contribution is 0.286. The third-order valence-electron chi connectivity index (χ3n) is 4.91. The average molecular weight is 311 g/mol. The predicted octanol–water partition coefficient (Wildman–Crippen LogP) is 5.62. The molecule has 2 N–H and O–H groups in total. The van der Waals surface area contributed by atoms with Gasteiger partial charge in [0.2, 0.25) is 0 Å². The summed E-state index contributed by atoms with van der Waals surface area (Å²) in [6.45, 7) is 8.04. The van der Waals surface area contributed by atoms with E-state index >= 15 is 0 Å². The Morgan fingerprint density at radius 3 is 2.14 bits per heavy atom. The van der Waals surface area contributed by atoms with Gasteiger partial charge < -0.3 is 5.32 Å². The van der Waals surface area contributed by atoms with E-state index in [0.29, 0.717) is 6.17 Å². The average Bonchev–Trinajstić information content (AvgIpc) is 2.52. The van der Waals surface area contributed by atoms with Crippen LogP contribution in [0.2, 0.25) is 0 Å². The van der Waals surface area contributed by atoms with Gasteiger partial charge in [0.05, 0.1) is 6.17 Å². The Bertz CT molecular complexity index is 234. The molecule has 0 spiro atoms. The third kappa shape index (κ3) is 10.6. The van der Waals surface area contributed by atoms with Crippen molar-refractivity contribution in [3.05, 3.63) is 0 Å². The minimum atomic E-state index is 0.543. The smallest absolute Gasteiger partial charge is 0.0573 e. The van der Waals surface area contributed by atoms with Crippen LogP contribution in [0.1, 0.15) is 104 Å². The topological polar surface area (TPSA) is 24.1 Å². The lowest BCUT2D eigenvalue weighted by Crippen LogP contribution is -2.48. The normalized spacial score (nSPS) is 18.0. The molecule has 1 fully saturated rings. The summed E-state index contributed by atoms with van der Waals surface area (Å²) in [6.07, 6.45) is 18.8. The minimum Gasteiger partial charge on any atom is -0.302 e. The third-order valence-corrected chi connectivity index (χ3v) is 4.91. The van der Waals surface area contributed by atoms with Gasteiger partial charge in [0.25, 0.3) is 0 Å². The predicted molar refractivity (Wildman–Crippen MR) is 99.2 cm³/mol. The Kier molecular flexibility index (Phi) is 12.1. The molecule has 0 heterocycles. The maximum absolute atomic E-state index is 3.91. The van der Waals surface area contributed by atoms with E-state index in [1.807, 2.05) is 0 Å². The maximum atomic E-state index is 3.91. The summed E-state index contributed by atoms with van der Waals surface area (Å²) >= 11 is 0. The summed E-state index contributed by atoms with van der Waals surface area (Å²) in [7, 11) is 0. The van der Waals surface area contributed by atoms with Gasteiger partial charge >= 0.3 is 0 Å². The zero-order valence-corrected chi connectivity index (χ0v) is 15.6. The van der Waals surface area contributed by atoms with Crippen molar-refractivity contribution in [2.45, 2.75) is 116 Å². The molecule has 0 amide bonds. The number of nitrogens with one attached hydrogen (secondary N) is 2. The van der Waals surface area contributed by atoms with Crippen LogP contribution in [-0.2, 0) is 0 Å². The molecule has 0 aromatic heterocycles. The molecule has 1 rings (SSSR count). The monoisotopic (exact) mass is 310 g/mol.